The van der Waals surface area contributed by atoms with Gasteiger partial charge >= 0.3 is 0 Å². The summed E-state index contributed by atoms with van der Waals surface area (Å²) in [5.74, 6) is 0.360. The van der Waals surface area contributed by atoms with E-state index in [-0.39, 0.29) is 11.9 Å². The summed E-state index contributed by atoms with van der Waals surface area (Å²) in [5.41, 5.74) is 6.72. The summed E-state index contributed by atoms with van der Waals surface area (Å²) in [6.45, 7) is 1.72. The lowest BCUT2D eigenvalue weighted by molar-refractivity contribution is 0.156. The van der Waals surface area contributed by atoms with Gasteiger partial charge in [0.25, 0.3) is 0 Å². The molecule has 0 heterocycles. The summed E-state index contributed by atoms with van der Waals surface area (Å²) >= 11 is 0. The van der Waals surface area contributed by atoms with E-state index in [1.54, 1.807) is 13.0 Å². The standard InChI is InChI=1S/C13H18FNO/c1-9-7-13(12(15)8-11(9)14)16-10-5-3-2-4-6-10/h7-8,10H,2-6,15H2,1H3. The molecule has 2 nitrogen and oxygen atoms in total. The monoisotopic (exact) mass is 223 g/mol. The van der Waals surface area contributed by atoms with Crippen LogP contribution in [-0.2, 0) is 0 Å². The predicted octanol–water partition coefficient (Wildman–Crippen LogP) is 3.43. The van der Waals surface area contributed by atoms with E-state index >= 15 is 0 Å². The first kappa shape index (κ1) is 11.2. The van der Waals surface area contributed by atoms with Crippen LogP contribution in [0.3, 0.4) is 0 Å². The molecule has 1 aromatic carbocycles. The zero-order valence-corrected chi connectivity index (χ0v) is 9.63. The highest BCUT2D eigenvalue weighted by Gasteiger charge is 2.16. The predicted molar refractivity (Wildman–Crippen MR) is 63.1 cm³/mol. The molecule has 1 aliphatic carbocycles. The number of hydrogen-bond donors (Lipinski definition) is 1. The average molecular weight is 223 g/mol. The Morgan fingerprint density at radius 1 is 1.25 bits per heavy atom. The Kier molecular flexibility index (Phi) is 3.32. The van der Waals surface area contributed by atoms with Crippen molar-refractivity contribution in [1.29, 1.82) is 0 Å². The molecule has 0 unspecified atom stereocenters. The zero-order valence-electron chi connectivity index (χ0n) is 9.63. The second kappa shape index (κ2) is 4.73. The van der Waals surface area contributed by atoms with E-state index in [2.05, 4.69) is 0 Å². The summed E-state index contributed by atoms with van der Waals surface area (Å²) in [6.07, 6.45) is 6.12. The number of nitrogen functional groups attached to an aromatic ring is 1. The highest BCUT2D eigenvalue weighted by molar-refractivity contribution is 5.54. The third-order valence-electron chi connectivity index (χ3n) is 3.14. The molecular weight excluding hydrogens is 205 g/mol. The fraction of sp³-hybridized carbons (Fsp3) is 0.538. The number of anilines is 1. The van der Waals surface area contributed by atoms with Gasteiger partial charge in [-0.05, 0) is 44.2 Å². The van der Waals surface area contributed by atoms with Crippen molar-refractivity contribution in [2.45, 2.75) is 45.1 Å². The molecule has 0 radical (unpaired) electrons. The molecule has 88 valence electrons. The van der Waals surface area contributed by atoms with Crippen LogP contribution in [0.2, 0.25) is 0 Å². The van der Waals surface area contributed by atoms with Gasteiger partial charge in [-0.2, -0.15) is 0 Å². The molecule has 3 heteroatoms. The molecule has 0 atom stereocenters. The average Bonchev–Trinajstić information content (AvgIpc) is 2.27. The smallest absolute Gasteiger partial charge is 0.143 e. The fourth-order valence-corrected chi connectivity index (χ4v) is 2.14. The molecule has 0 spiro atoms. The van der Waals surface area contributed by atoms with E-state index in [4.69, 9.17) is 10.5 Å². The molecule has 1 fully saturated rings. The normalized spacial score (nSPS) is 17.4. The van der Waals surface area contributed by atoms with E-state index in [1.807, 2.05) is 0 Å². The number of hydrogen-bond acceptors (Lipinski definition) is 2. The van der Waals surface area contributed by atoms with Gasteiger partial charge in [0.1, 0.15) is 11.6 Å². The first-order chi connectivity index (χ1) is 7.66. The number of nitrogens with two attached hydrogens (primary N) is 1. The third kappa shape index (κ3) is 2.46. The highest BCUT2D eigenvalue weighted by Crippen LogP contribution is 2.29. The lowest BCUT2D eigenvalue weighted by atomic mass is 9.98. The van der Waals surface area contributed by atoms with Crippen molar-refractivity contribution in [2.24, 2.45) is 0 Å². The summed E-state index contributed by atoms with van der Waals surface area (Å²) in [7, 11) is 0. The van der Waals surface area contributed by atoms with Gasteiger partial charge in [-0.1, -0.05) is 6.42 Å². The van der Waals surface area contributed by atoms with Crippen molar-refractivity contribution < 1.29 is 9.13 Å². The number of halogens is 1. The van der Waals surface area contributed by atoms with Crippen LogP contribution in [0.4, 0.5) is 10.1 Å². The molecule has 0 bridgehead atoms. The molecule has 1 saturated carbocycles. The van der Waals surface area contributed by atoms with Crippen LogP contribution in [-0.4, -0.2) is 6.10 Å². The van der Waals surface area contributed by atoms with Crippen molar-refractivity contribution in [2.75, 3.05) is 5.73 Å². The number of ether oxygens (including phenoxy) is 1. The SMILES string of the molecule is Cc1cc(OC2CCCCC2)c(N)cc1F. The Balaban J connectivity index is 2.11. The topological polar surface area (TPSA) is 35.2 Å². The van der Waals surface area contributed by atoms with Gasteiger partial charge in [-0.25, -0.2) is 4.39 Å². The fourth-order valence-electron chi connectivity index (χ4n) is 2.14. The Bertz CT molecular complexity index is 372. The van der Waals surface area contributed by atoms with Gasteiger partial charge < -0.3 is 10.5 Å². The number of aryl methyl sites for hydroxylation is 1. The second-order valence-corrected chi connectivity index (χ2v) is 4.52. The van der Waals surface area contributed by atoms with Crippen LogP contribution in [0.1, 0.15) is 37.7 Å². The third-order valence-corrected chi connectivity index (χ3v) is 3.14. The summed E-state index contributed by atoms with van der Waals surface area (Å²) < 4.78 is 19.0. The summed E-state index contributed by atoms with van der Waals surface area (Å²) in [5, 5.41) is 0. The van der Waals surface area contributed by atoms with Crippen molar-refractivity contribution >= 4 is 5.69 Å². The van der Waals surface area contributed by atoms with E-state index < -0.39 is 0 Å². The largest absolute Gasteiger partial charge is 0.488 e. The van der Waals surface area contributed by atoms with Crippen molar-refractivity contribution in [3.8, 4) is 5.75 Å². The van der Waals surface area contributed by atoms with Crippen LogP contribution in [0.5, 0.6) is 5.75 Å². The summed E-state index contributed by atoms with van der Waals surface area (Å²) in [4.78, 5) is 0. The Hall–Kier alpha value is -1.25. The Labute approximate surface area is 95.6 Å². The lowest BCUT2D eigenvalue weighted by Crippen LogP contribution is -2.20. The van der Waals surface area contributed by atoms with E-state index in [0.29, 0.717) is 17.0 Å². The molecule has 0 amide bonds. The minimum atomic E-state index is -0.270. The number of benzene rings is 1. The zero-order chi connectivity index (χ0) is 11.5. The highest BCUT2D eigenvalue weighted by atomic mass is 19.1. The van der Waals surface area contributed by atoms with Crippen LogP contribution in [0.15, 0.2) is 12.1 Å². The molecule has 0 aliphatic heterocycles. The van der Waals surface area contributed by atoms with Crippen molar-refractivity contribution in [3.63, 3.8) is 0 Å². The van der Waals surface area contributed by atoms with Crippen molar-refractivity contribution in [3.05, 3.63) is 23.5 Å². The first-order valence-electron chi connectivity index (χ1n) is 5.89. The molecule has 1 aliphatic rings. The first-order valence-corrected chi connectivity index (χ1v) is 5.89. The van der Waals surface area contributed by atoms with Crippen LogP contribution in [0.25, 0.3) is 0 Å². The van der Waals surface area contributed by atoms with Gasteiger partial charge in [0, 0.05) is 6.07 Å². The number of rotatable bonds is 2. The maximum Gasteiger partial charge on any atom is 0.143 e. The van der Waals surface area contributed by atoms with Gasteiger partial charge in [-0.3, -0.25) is 0 Å². The summed E-state index contributed by atoms with van der Waals surface area (Å²) in [6, 6.07) is 3.03. The van der Waals surface area contributed by atoms with Gasteiger partial charge in [0.05, 0.1) is 11.8 Å². The van der Waals surface area contributed by atoms with Crippen LogP contribution in [0, 0.1) is 12.7 Å². The molecule has 2 rings (SSSR count). The second-order valence-electron chi connectivity index (χ2n) is 4.52. The molecule has 0 aromatic heterocycles. The van der Waals surface area contributed by atoms with E-state index in [9.17, 15) is 4.39 Å². The van der Waals surface area contributed by atoms with Gasteiger partial charge in [-0.15, -0.1) is 0 Å². The molecular formula is C13H18FNO. The van der Waals surface area contributed by atoms with E-state index in [0.717, 1.165) is 12.8 Å². The van der Waals surface area contributed by atoms with Gasteiger partial charge in [0.2, 0.25) is 0 Å². The molecule has 1 aromatic rings. The van der Waals surface area contributed by atoms with E-state index in [1.165, 1.54) is 25.3 Å². The molecule has 0 saturated heterocycles. The maximum absolute atomic E-state index is 13.2. The van der Waals surface area contributed by atoms with Crippen LogP contribution < -0.4 is 10.5 Å². The molecule has 2 N–H and O–H groups in total. The maximum atomic E-state index is 13.2. The van der Waals surface area contributed by atoms with Gasteiger partial charge in [0.15, 0.2) is 0 Å². The lowest BCUT2D eigenvalue weighted by Gasteiger charge is -2.24. The van der Waals surface area contributed by atoms with Crippen molar-refractivity contribution in [1.82, 2.24) is 0 Å². The minimum absolute atomic E-state index is 0.251. The quantitative estimate of drug-likeness (QED) is 0.779. The molecule has 16 heavy (non-hydrogen) atoms. The minimum Gasteiger partial charge on any atom is -0.488 e. The Morgan fingerprint density at radius 2 is 1.94 bits per heavy atom. The Morgan fingerprint density at radius 3 is 2.62 bits per heavy atom. The van der Waals surface area contributed by atoms with Crippen LogP contribution >= 0.6 is 0 Å².